The van der Waals surface area contributed by atoms with E-state index in [4.69, 9.17) is 16.3 Å². The fourth-order valence-electron chi connectivity index (χ4n) is 1.61. The van der Waals surface area contributed by atoms with E-state index in [2.05, 4.69) is 21.0 Å². The summed E-state index contributed by atoms with van der Waals surface area (Å²) in [5.41, 5.74) is 2.58. The molecule has 92 valence electrons. The van der Waals surface area contributed by atoms with E-state index < -0.39 is 0 Å². The Morgan fingerprint density at radius 1 is 1.47 bits per heavy atom. The van der Waals surface area contributed by atoms with Crippen LogP contribution >= 0.6 is 23.3 Å². The Kier molecular flexibility index (Phi) is 4.15. The van der Waals surface area contributed by atoms with Crippen molar-refractivity contribution in [2.24, 2.45) is 5.92 Å². The first-order valence-electron chi connectivity index (χ1n) is 5.36. The summed E-state index contributed by atoms with van der Waals surface area (Å²) in [6.45, 7) is 3.63. The Morgan fingerprint density at radius 2 is 2.29 bits per heavy atom. The number of methoxy groups -OCH3 is 1. The van der Waals surface area contributed by atoms with Crippen molar-refractivity contribution in [2.75, 3.05) is 25.6 Å². The molecule has 1 unspecified atom stereocenters. The van der Waals surface area contributed by atoms with Gasteiger partial charge in [-0.3, -0.25) is 0 Å². The highest BCUT2D eigenvalue weighted by atomic mass is 35.5. The summed E-state index contributed by atoms with van der Waals surface area (Å²) < 4.78 is 13.5. The third-order valence-corrected chi connectivity index (χ3v) is 3.31. The lowest BCUT2D eigenvalue weighted by atomic mass is 10.2. The topological polar surface area (TPSA) is 47.0 Å². The minimum atomic E-state index is 0.415. The highest BCUT2D eigenvalue weighted by Gasteiger charge is 2.10. The normalized spacial score (nSPS) is 12.9. The summed E-state index contributed by atoms with van der Waals surface area (Å²) >= 11 is 7.36. The molecule has 0 aliphatic carbocycles. The minimum absolute atomic E-state index is 0.415. The zero-order chi connectivity index (χ0) is 12.3. The first-order valence-corrected chi connectivity index (χ1v) is 6.46. The van der Waals surface area contributed by atoms with Crippen LogP contribution in [0.2, 0.25) is 5.02 Å². The van der Waals surface area contributed by atoms with Crippen LogP contribution in [0, 0.1) is 5.92 Å². The molecule has 0 radical (unpaired) electrons. The van der Waals surface area contributed by atoms with Crippen molar-refractivity contribution < 1.29 is 4.74 Å². The lowest BCUT2D eigenvalue weighted by Gasteiger charge is -2.13. The van der Waals surface area contributed by atoms with Crippen molar-refractivity contribution in [1.29, 1.82) is 0 Å². The van der Waals surface area contributed by atoms with Gasteiger partial charge in [-0.1, -0.05) is 18.5 Å². The Labute approximate surface area is 109 Å². The molecule has 0 saturated carbocycles. The van der Waals surface area contributed by atoms with E-state index in [9.17, 15) is 0 Å². The molecule has 0 saturated heterocycles. The van der Waals surface area contributed by atoms with E-state index in [-0.39, 0.29) is 0 Å². The molecule has 1 aromatic carbocycles. The third-order valence-electron chi connectivity index (χ3n) is 2.46. The minimum Gasteiger partial charge on any atom is -0.384 e. The molecular formula is C11H14ClN3OS. The van der Waals surface area contributed by atoms with E-state index >= 15 is 0 Å². The van der Waals surface area contributed by atoms with Crippen molar-refractivity contribution in [2.45, 2.75) is 6.92 Å². The van der Waals surface area contributed by atoms with E-state index in [0.717, 1.165) is 29.9 Å². The quantitative estimate of drug-likeness (QED) is 0.908. The molecule has 0 fully saturated rings. The van der Waals surface area contributed by atoms with Crippen LogP contribution in [0.15, 0.2) is 12.1 Å². The van der Waals surface area contributed by atoms with Crippen molar-refractivity contribution in [1.82, 2.24) is 8.75 Å². The predicted octanol–water partition coefficient (Wildman–Crippen LogP) is 3.04. The second-order valence-corrected chi connectivity index (χ2v) is 4.93. The van der Waals surface area contributed by atoms with Crippen LogP contribution in [0.4, 0.5) is 5.69 Å². The molecule has 1 atom stereocenters. The van der Waals surface area contributed by atoms with Gasteiger partial charge in [-0.2, -0.15) is 8.75 Å². The maximum absolute atomic E-state index is 6.16. The van der Waals surface area contributed by atoms with Gasteiger partial charge in [-0.15, -0.1) is 0 Å². The second kappa shape index (κ2) is 5.62. The molecular weight excluding hydrogens is 258 g/mol. The summed E-state index contributed by atoms with van der Waals surface area (Å²) in [6, 6.07) is 3.72. The third kappa shape index (κ3) is 2.86. The Hall–Kier alpha value is -0.910. The van der Waals surface area contributed by atoms with Crippen molar-refractivity contribution in [3.8, 4) is 0 Å². The number of aromatic nitrogens is 2. The number of nitrogens with zero attached hydrogens (tertiary/aromatic N) is 2. The maximum atomic E-state index is 6.16. The number of nitrogens with one attached hydrogen (secondary N) is 1. The number of fused-ring (bicyclic) bond motifs is 1. The molecule has 0 spiro atoms. The van der Waals surface area contributed by atoms with Crippen LogP contribution in [0.25, 0.3) is 11.0 Å². The molecule has 2 rings (SSSR count). The average Bonchev–Trinajstić information content (AvgIpc) is 2.76. The molecule has 0 aliphatic rings. The molecule has 0 aliphatic heterocycles. The zero-order valence-corrected chi connectivity index (χ0v) is 11.3. The number of hydrogen-bond acceptors (Lipinski definition) is 5. The van der Waals surface area contributed by atoms with E-state index in [0.29, 0.717) is 10.9 Å². The first-order chi connectivity index (χ1) is 8.22. The predicted molar refractivity (Wildman–Crippen MR) is 72.0 cm³/mol. The van der Waals surface area contributed by atoms with E-state index in [1.807, 2.05) is 12.1 Å². The Balaban J connectivity index is 2.17. The van der Waals surface area contributed by atoms with Gasteiger partial charge in [0, 0.05) is 13.7 Å². The molecule has 0 bridgehead atoms. The Morgan fingerprint density at radius 3 is 3.06 bits per heavy atom. The smallest absolute Gasteiger partial charge is 0.129 e. The van der Waals surface area contributed by atoms with Gasteiger partial charge in [0.2, 0.25) is 0 Å². The fraction of sp³-hybridized carbons (Fsp3) is 0.455. The van der Waals surface area contributed by atoms with Crippen LogP contribution in [0.3, 0.4) is 0 Å². The van der Waals surface area contributed by atoms with Gasteiger partial charge in [0.05, 0.1) is 29.0 Å². The number of halogens is 1. The van der Waals surface area contributed by atoms with Crippen molar-refractivity contribution in [3.05, 3.63) is 17.2 Å². The van der Waals surface area contributed by atoms with Gasteiger partial charge >= 0.3 is 0 Å². The largest absolute Gasteiger partial charge is 0.384 e. The van der Waals surface area contributed by atoms with Crippen LogP contribution in [0.1, 0.15) is 6.92 Å². The number of anilines is 1. The summed E-state index contributed by atoms with van der Waals surface area (Å²) in [5.74, 6) is 0.415. The molecule has 1 N–H and O–H groups in total. The standard InChI is InChI=1S/C11H14ClN3OS/c1-7(6-16-2)5-13-10-8(12)3-4-9-11(10)15-17-14-9/h3-4,7,13H,5-6H2,1-2H3. The average molecular weight is 272 g/mol. The van der Waals surface area contributed by atoms with Gasteiger partial charge in [0.1, 0.15) is 11.0 Å². The molecule has 1 aromatic heterocycles. The first kappa shape index (κ1) is 12.5. The van der Waals surface area contributed by atoms with E-state index in [1.165, 1.54) is 11.7 Å². The van der Waals surface area contributed by atoms with Gasteiger partial charge in [-0.25, -0.2) is 0 Å². The lowest BCUT2D eigenvalue weighted by Crippen LogP contribution is -2.16. The highest BCUT2D eigenvalue weighted by molar-refractivity contribution is 7.00. The summed E-state index contributed by atoms with van der Waals surface area (Å²) in [7, 11) is 1.70. The molecule has 1 heterocycles. The number of ether oxygens (including phenoxy) is 1. The maximum Gasteiger partial charge on any atom is 0.129 e. The molecule has 17 heavy (non-hydrogen) atoms. The van der Waals surface area contributed by atoms with E-state index in [1.54, 1.807) is 7.11 Å². The number of rotatable bonds is 5. The second-order valence-electron chi connectivity index (χ2n) is 4.00. The summed E-state index contributed by atoms with van der Waals surface area (Å²) in [6.07, 6.45) is 0. The van der Waals surface area contributed by atoms with Crippen LogP contribution < -0.4 is 5.32 Å². The van der Waals surface area contributed by atoms with Crippen LogP contribution in [-0.4, -0.2) is 29.0 Å². The van der Waals surface area contributed by atoms with Crippen molar-refractivity contribution in [3.63, 3.8) is 0 Å². The van der Waals surface area contributed by atoms with Crippen LogP contribution in [0.5, 0.6) is 0 Å². The van der Waals surface area contributed by atoms with Crippen molar-refractivity contribution >= 4 is 40.0 Å². The summed E-state index contributed by atoms with van der Waals surface area (Å²) in [5, 5.41) is 3.99. The lowest BCUT2D eigenvalue weighted by molar-refractivity contribution is 0.164. The molecule has 0 amide bonds. The molecule has 6 heteroatoms. The Bertz CT molecular complexity index is 502. The van der Waals surface area contributed by atoms with Gasteiger partial charge in [-0.05, 0) is 18.1 Å². The van der Waals surface area contributed by atoms with Gasteiger partial charge < -0.3 is 10.1 Å². The number of benzene rings is 1. The van der Waals surface area contributed by atoms with Gasteiger partial charge in [0.25, 0.3) is 0 Å². The number of hydrogen-bond donors (Lipinski definition) is 1. The monoisotopic (exact) mass is 271 g/mol. The molecule has 2 aromatic rings. The zero-order valence-electron chi connectivity index (χ0n) is 9.74. The highest BCUT2D eigenvalue weighted by Crippen LogP contribution is 2.29. The fourth-order valence-corrected chi connectivity index (χ4v) is 2.38. The van der Waals surface area contributed by atoms with Crippen LogP contribution in [-0.2, 0) is 4.74 Å². The summed E-state index contributed by atoms with van der Waals surface area (Å²) in [4.78, 5) is 0. The molecule has 4 nitrogen and oxygen atoms in total. The van der Waals surface area contributed by atoms with Gasteiger partial charge in [0.15, 0.2) is 0 Å². The SMILES string of the molecule is COCC(C)CNc1c(Cl)ccc2nsnc12.